The molecule has 3 rings (SSSR count). The molecule has 0 saturated heterocycles. The van der Waals surface area contributed by atoms with E-state index in [0.29, 0.717) is 16.5 Å². The van der Waals surface area contributed by atoms with E-state index < -0.39 is 23.8 Å². The van der Waals surface area contributed by atoms with Crippen LogP contribution in [-0.4, -0.2) is 23.8 Å². The number of carbonyl (C=O) groups excluding carboxylic acids is 3. The minimum atomic E-state index is -0.800. The number of primary amides is 1. The lowest BCUT2D eigenvalue weighted by Gasteiger charge is -2.18. The van der Waals surface area contributed by atoms with Gasteiger partial charge in [-0.15, -0.1) is 11.3 Å². The second-order valence-corrected chi connectivity index (χ2v) is 7.69. The van der Waals surface area contributed by atoms with Crippen LogP contribution in [-0.2, 0) is 17.6 Å². The standard InChI is InChI=1S/C18H21N3O4S/c1-9-5-6-11-13(8-9)26-18(14(11)15(19)22)21-16(23)10(2)20-17(24)12-4-3-7-25-12/h3-4,7,9-10H,5-6,8H2,1-2H3,(H2,19,22)(H,20,24)(H,21,23). The Balaban J connectivity index is 1.74. The zero-order valence-corrected chi connectivity index (χ0v) is 15.4. The van der Waals surface area contributed by atoms with Crippen molar-refractivity contribution in [1.29, 1.82) is 0 Å². The normalized spacial score (nSPS) is 17.2. The molecule has 138 valence electrons. The molecular weight excluding hydrogens is 354 g/mol. The molecule has 0 saturated carbocycles. The predicted octanol–water partition coefficient (Wildman–Crippen LogP) is 2.32. The van der Waals surface area contributed by atoms with Crippen molar-refractivity contribution >= 4 is 34.1 Å². The summed E-state index contributed by atoms with van der Waals surface area (Å²) in [5, 5.41) is 5.77. The molecule has 8 heteroatoms. The zero-order chi connectivity index (χ0) is 18.8. The van der Waals surface area contributed by atoms with Gasteiger partial charge in [-0.05, 0) is 49.8 Å². The molecule has 0 spiro atoms. The summed E-state index contributed by atoms with van der Waals surface area (Å²) >= 11 is 1.39. The largest absolute Gasteiger partial charge is 0.459 e. The lowest BCUT2D eigenvalue weighted by atomic mass is 9.88. The fourth-order valence-corrected chi connectivity index (χ4v) is 4.48. The molecule has 1 aliphatic rings. The first-order valence-electron chi connectivity index (χ1n) is 8.46. The number of fused-ring (bicyclic) bond motifs is 1. The maximum Gasteiger partial charge on any atom is 0.287 e. The van der Waals surface area contributed by atoms with Crippen LogP contribution in [0.5, 0.6) is 0 Å². The van der Waals surface area contributed by atoms with Gasteiger partial charge in [0.05, 0.1) is 11.8 Å². The number of nitrogens with two attached hydrogens (primary N) is 1. The molecule has 0 fully saturated rings. The third-order valence-corrected chi connectivity index (χ3v) is 5.65. The van der Waals surface area contributed by atoms with Crippen LogP contribution in [0.3, 0.4) is 0 Å². The van der Waals surface area contributed by atoms with Crippen LogP contribution in [0.25, 0.3) is 0 Å². The van der Waals surface area contributed by atoms with Crippen LogP contribution >= 0.6 is 11.3 Å². The van der Waals surface area contributed by atoms with Gasteiger partial charge in [-0.1, -0.05) is 6.92 Å². The smallest absolute Gasteiger partial charge is 0.287 e. The average molecular weight is 375 g/mol. The summed E-state index contributed by atoms with van der Waals surface area (Å²) in [5.74, 6) is -0.772. The predicted molar refractivity (Wildman–Crippen MR) is 98.3 cm³/mol. The Bertz CT molecular complexity index is 841. The molecule has 2 unspecified atom stereocenters. The number of furan rings is 1. The van der Waals surface area contributed by atoms with E-state index in [1.54, 1.807) is 13.0 Å². The molecular formula is C18H21N3O4S. The first kappa shape index (κ1) is 18.2. The number of hydrogen-bond donors (Lipinski definition) is 3. The molecule has 1 aliphatic carbocycles. The van der Waals surface area contributed by atoms with Crippen molar-refractivity contribution < 1.29 is 18.8 Å². The van der Waals surface area contributed by atoms with E-state index in [2.05, 4.69) is 17.6 Å². The molecule has 2 aromatic rings. The van der Waals surface area contributed by atoms with Gasteiger partial charge in [-0.25, -0.2) is 0 Å². The number of nitrogens with one attached hydrogen (secondary N) is 2. The van der Waals surface area contributed by atoms with E-state index in [0.717, 1.165) is 29.7 Å². The van der Waals surface area contributed by atoms with Crippen LogP contribution in [0.1, 0.15) is 51.6 Å². The number of thiophene rings is 1. The number of carbonyl (C=O) groups is 3. The molecule has 7 nitrogen and oxygen atoms in total. The molecule has 0 aromatic carbocycles. The van der Waals surface area contributed by atoms with Gasteiger partial charge in [-0.2, -0.15) is 0 Å². The van der Waals surface area contributed by atoms with Crippen LogP contribution < -0.4 is 16.4 Å². The summed E-state index contributed by atoms with van der Waals surface area (Å²) < 4.78 is 5.01. The number of rotatable bonds is 5. The van der Waals surface area contributed by atoms with Crippen LogP contribution in [0.2, 0.25) is 0 Å². The summed E-state index contributed by atoms with van der Waals surface area (Å²) in [7, 11) is 0. The summed E-state index contributed by atoms with van der Waals surface area (Å²) in [5.41, 5.74) is 6.89. The quantitative estimate of drug-likeness (QED) is 0.744. The van der Waals surface area contributed by atoms with Gasteiger partial charge < -0.3 is 20.8 Å². The van der Waals surface area contributed by atoms with E-state index >= 15 is 0 Å². The monoisotopic (exact) mass is 375 g/mol. The average Bonchev–Trinajstić information content (AvgIpc) is 3.21. The Labute approximate surface area is 154 Å². The van der Waals surface area contributed by atoms with Gasteiger partial charge in [-0.3, -0.25) is 14.4 Å². The van der Waals surface area contributed by atoms with Crippen molar-refractivity contribution in [3.8, 4) is 0 Å². The van der Waals surface area contributed by atoms with Crippen LogP contribution in [0.15, 0.2) is 22.8 Å². The maximum atomic E-state index is 12.5. The number of hydrogen-bond acceptors (Lipinski definition) is 5. The minimum Gasteiger partial charge on any atom is -0.459 e. The second-order valence-electron chi connectivity index (χ2n) is 6.58. The molecule has 4 N–H and O–H groups in total. The molecule has 2 heterocycles. The molecule has 26 heavy (non-hydrogen) atoms. The van der Waals surface area contributed by atoms with E-state index in [4.69, 9.17) is 10.2 Å². The van der Waals surface area contributed by atoms with Crippen LogP contribution in [0, 0.1) is 5.92 Å². The Kier molecular flexibility index (Phi) is 5.13. The lowest BCUT2D eigenvalue weighted by Crippen LogP contribution is -2.41. The van der Waals surface area contributed by atoms with Gasteiger partial charge in [0.15, 0.2) is 5.76 Å². The SMILES string of the molecule is CC1CCc2c(sc(NC(=O)C(C)NC(=O)c3ccco3)c2C(N)=O)C1. The van der Waals surface area contributed by atoms with Gasteiger partial charge in [0.25, 0.3) is 11.8 Å². The Morgan fingerprint density at radius 1 is 1.38 bits per heavy atom. The zero-order valence-electron chi connectivity index (χ0n) is 14.6. The first-order valence-corrected chi connectivity index (χ1v) is 9.28. The topological polar surface area (TPSA) is 114 Å². The number of anilines is 1. The third kappa shape index (κ3) is 3.65. The van der Waals surface area contributed by atoms with Gasteiger partial charge in [0, 0.05) is 4.88 Å². The summed E-state index contributed by atoms with van der Waals surface area (Å²) in [4.78, 5) is 37.5. The minimum absolute atomic E-state index is 0.128. The summed E-state index contributed by atoms with van der Waals surface area (Å²) in [6.07, 6.45) is 4.04. The van der Waals surface area contributed by atoms with E-state index in [1.165, 1.54) is 23.7 Å². The summed E-state index contributed by atoms with van der Waals surface area (Å²) in [6.45, 7) is 3.73. The third-order valence-electron chi connectivity index (χ3n) is 4.48. The molecule has 3 amide bonds. The van der Waals surface area contributed by atoms with Crippen molar-refractivity contribution in [1.82, 2.24) is 5.32 Å². The van der Waals surface area contributed by atoms with Crippen molar-refractivity contribution in [2.75, 3.05) is 5.32 Å². The number of amides is 3. The van der Waals surface area contributed by atoms with Gasteiger partial charge in [0.2, 0.25) is 5.91 Å². The summed E-state index contributed by atoms with van der Waals surface area (Å²) in [6, 6.07) is 2.31. The Hall–Kier alpha value is -2.61. The van der Waals surface area contributed by atoms with Gasteiger partial charge >= 0.3 is 0 Å². The maximum absolute atomic E-state index is 12.5. The Morgan fingerprint density at radius 3 is 2.81 bits per heavy atom. The first-order chi connectivity index (χ1) is 12.4. The molecule has 2 atom stereocenters. The van der Waals surface area contributed by atoms with Crippen LogP contribution in [0.4, 0.5) is 5.00 Å². The lowest BCUT2D eigenvalue weighted by molar-refractivity contribution is -0.117. The highest BCUT2D eigenvalue weighted by atomic mass is 32.1. The highest BCUT2D eigenvalue weighted by Gasteiger charge is 2.28. The molecule has 0 aliphatic heterocycles. The van der Waals surface area contributed by atoms with Crippen molar-refractivity contribution in [2.45, 2.75) is 39.2 Å². The second kappa shape index (κ2) is 7.33. The Morgan fingerprint density at radius 2 is 2.15 bits per heavy atom. The van der Waals surface area contributed by atoms with Crippen molar-refractivity contribution in [3.63, 3.8) is 0 Å². The highest BCUT2D eigenvalue weighted by molar-refractivity contribution is 7.17. The van der Waals surface area contributed by atoms with E-state index in [9.17, 15) is 14.4 Å². The fraction of sp³-hybridized carbons (Fsp3) is 0.389. The van der Waals surface area contributed by atoms with Crippen molar-refractivity contribution in [3.05, 3.63) is 40.2 Å². The molecule has 0 radical (unpaired) electrons. The molecule has 2 aromatic heterocycles. The van der Waals surface area contributed by atoms with Crippen molar-refractivity contribution in [2.24, 2.45) is 11.7 Å². The highest BCUT2D eigenvalue weighted by Crippen LogP contribution is 2.39. The fourth-order valence-electron chi connectivity index (χ4n) is 3.06. The molecule has 0 bridgehead atoms. The van der Waals surface area contributed by atoms with E-state index in [-0.39, 0.29) is 5.76 Å². The van der Waals surface area contributed by atoms with E-state index in [1.807, 2.05) is 0 Å². The van der Waals surface area contributed by atoms with Gasteiger partial charge in [0.1, 0.15) is 11.0 Å².